The van der Waals surface area contributed by atoms with Gasteiger partial charge in [-0.15, -0.1) is 0 Å². The van der Waals surface area contributed by atoms with Crippen LogP contribution in [0.15, 0.2) is 40.8 Å². The predicted molar refractivity (Wildman–Crippen MR) is 98.5 cm³/mol. The molecule has 1 aromatic carbocycles. The van der Waals surface area contributed by atoms with Crippen LogP contribution in [0.5, 0.6) is 0 Å². The summed E-state index contributed by atoms with van der Waals surface area (Å²) in [7, 11) is 3.30. The lowest BCUT2D eigenvalue weighted by Crippen LogP contribution is -2.44. The Labute approximate surface area is 151 Å². The quantitative estimate of drug-likeness (QED) is 0.736. The molecule has 1 unspecified atom stereocenters. The molecule has 0 saturated carbocycles. The van der Waals surface area contributed by atoms with E-state index < -0.39 is 17.9 Å². The lowest BCUT2D eigenvalue weighted by atomic mass is 10.1. The fourth-order valence-electron chi connectivity index (χ4n) is 2.50. The van der Waals surface area contributed by atoms with E-state index in [1.54, 1.807) is 33.2 Å². The summed E-state index contributed by atoms with van der Waals surface area (Å²) in [4.78, 5) is 37.0. The monoisotopic (exact) mass is 357 g/mol. The van der Waals surface area contributed by atoms with Gasteiger partial charge >= 0.3 is 0 Å². The minimum absolute atomic E-state index is 0.150. The molecule has 0 aliphatic carbocycles. The summed E-state index contributed by atoms with van der Waals surface area (Å²) in [5, 5.41) is 3.45. The molecule has 0 bridgehead atoms. The number of allylic oxidation sites excluding steroid dienone is 1. The third-order valence-electron chi connectivity index (χ3n) is 4.02. The molecule has 26 heavy (non-hydrogen) atoms. The standard InChI is InChI=1S/C19H23N3O4/c1-12-13-8-4-6-10-15(13)26-17(12)19(25)21-14(18(20)24)9-5-7-11-16(23)22(2)3/h4,6-8,10-11,14H,5,9H2,1-3H3,(H2,20,24)(H,21,25). The van der Waals surface area contributed by atoms with E-state index >= 15 is 0 Å². The molecule has 0 aliphatic heterocycles. The lowest BCUT2D eigenvalue weighted by molar-refractivity contribution is -0.123. The number of carbonyl (C=O) groups excluding carboxylic acids is 3. The van der Waals surface area contributed by atoms with Crippen molar-refractivity contribution in [1.29, 1.82) is 0 Å². The van der Waals surface area contributed by atoms with Crippen molar-refractivity contribution in [1.82, 2.24) is 10.2 Å². The zero-order valence-electron chi connectivity index (χ0n) is 15.1. The first-order valence-electron chi connectivity index (χ1n) is 8.27. The molecule has 0 spiro atoms. The third-order valence-corrected chi connectivity index (χ3v) is 4.02. The van der Waals surface area contributed by atoms with Crippen LogP contribution in [-0.2, 0) is 9.59 Å². The van der Waals surface area contributed by atoms with Crippen LogP contribution in [0.25, 0.3) is 11.0 Å². The maximum atomic E-state index is 12.5. The molecule has 0 radical (unpaired) electrons. The first-order valence-corrected chi connectivity index (χ1v) is 8.27. The average Bonchev–Trinajstić information content (AvgIpc) is 2.94. The van der Waals surface area contributed by atoms with Crippen LogP contribution in [0.1, 0.15) is 29.0 Å². The Balaban J connectivity index is 2.04. The molecule has 7 nitrogen and oxygen atoms in total. The van der Waals surface area contributed by atoms with Crippen molar-refractivity contribution in [2.45, 2.75) is 25.8 Å². The Kier molecular flexibility index (Phi) is 6.16. The van der Waals surface area contributed by atoms with E-state index in [2.05, 4.69) is 5.32 Å². The molecule has 1 aromatic heterocycles. The number of fused-ring (bicyclic) bond motifs is 1. The van der Waals surface area contributed by atoms with Gasteiger partial charge in [-0.2, -0.15) is 0 Å². The molecule has 2 aromatic rings. The van der Waals surface area contributed by atoms with Gasteiger partial charge in [0.05, 0.1) is 0 Å². The number of likely N-dealkylation sites (N-methyl/N-ethyl adjacent to an activating group) is 1. The highest BCUT2D eigenvalue weighted by Gasteiger charge is 2.23. The van der Waals surface area contributed by atoms with E-state index in [-0.39, 0.29) is 18.1 Å². The number of aryl methyl sites for hydroxylation is 1. The molecule has 138 valence electrons. The van der Waals surface area contributed by atoms with Crippen LogP contribution in [0.2, 0.25) is 0 Å². The van der Waals surface area contributed by atoms with Crippen LogP contribution in [0, 0.1) is 6.92 Å². The SMILES string of the molecule is Cc1c(C(=O)NC(CCC=CC(=O)N(C)C)C(N)=O)oc2ccccc12. The van der Waals surface area contributed by atoms with Gasteiger partial charge in [0.25, 0.3) is 5.91 Å². The third kappa shape index (κ3) is 4.50. The summed E-state index contributed by atoms with van der Waals surface area (Å²) in [6, 6.07) is 6.47. The molecule has 1 atom stereocenters. The number of amides is 3. The van der Waals surface area contributed by atoms with Crippen molar-refractivity contribution in [2.75, 3.05) is 14.1 Å². The lowest BCUT2D eigenvalue weighted by Gasteiger charge is -2.14. The Morgan fingerprint density at radius 1 is 1.27 bits per heavy atom. The summed E-state index contributed by atoms with van der Waals surface area (Å²) < 4.78 is 5.60. The number of nitrogens with zero attached hydrogens (tertiary/aromatic N) is 1. The molecule has 3 N–H and O–H groups in total. The van der Waals surface area contributed by atoms with Gasteiger partial charge in [0.15, 0.2) is 5.76 Å². The van der Waals surface area contributed by atoms with Gasteiger partial charge in [0.2, 0.25) is 11.8 Å². The Morgan fingerprint density at radius 3 is 2.58 bits per heavy atom. The summed E-state index contributed by atoms with van der Waals surface area (Å²) in [6.45, 7) is 1.79. The van der Waals surface area contributed by atoms with E-state index in [4.69, 9.17) is 10.2 Å². The number of nitrogens with one attached hydrogen (secondary N) is 1. The van der Waals surface area contributed by atoms with Crippen molar-refractivity contribution < 1.29 is 18.8 Å². The zero-order valence-corrected chi connectivity index (χ0v) is 15.1. The van der Waals surface area contributed by atoms with Crippen LogP contribution >= 0.6 is 0 Å². The highest BCUT2D eigenvalue weighted by molar-refractivity contribution is 6.00. The van der Waals surface area contributed by atoms with Crippen molar-refractivity contribution in [3.8, 4) is 0 Å². The molecular weight excluding hydrogens is 334 g/mol. The second-order valence-electron chi connectivity index (χ2n) is 6.19. The molecule has 0 saturated heterocycles. The minimum Gasteiger partial charge on any atom is -0.451 e. The van der Waals surface area contributed by atoms with Gasteiger partial charge in [-0.05, 0) is 31.9 Å². The number of carbonyl (C=O) groups is 3. The maximum absolute atomic E-state index is 12.5. The minimum atomic E-state index is -0.853. The number of furan rings is 1. The predicted octanol–water partition coefficient (Wildman–Crippen LogP) is 1.75. The van der Waals surface area contributed by atoms with Gasteiger partial charge in [-0.25, -0.2) is 0 Å². The Bertz CT molecular complexity index is 852. The average molecular weight is 357 g/mol. The van der Waals surface area contributed by atoms with Gasteiger partial charge in [0.1, 0.15) is 11.6 Å². The molecule has 3 amide bonds. The Morgan fingerprint density at radius 2 is 1.96 bits per heavy atom. The van der Waals surface area contributed by atoms with Crippen LogP contribution in [0.4, 0.5) is 0 Å². The largest absolute Gasteiger partial charge is 0.451 e. The molecule has 0 fully saturated rings. The number of rotatable bonds is 7. The molecule has 1 heterocycles. The maximum Gasteiger partial charge on any atom is 0.287 e. The van der Waals surface area contributed by atoms with Gasteiger partial charge in [-0.1, -0.05) is 24.3 Å². The summed E-state index contributed by atoms with van der Waals surface area (Å²) in [6.07, 6.45) is 3.78. The Hall–Kier alpha value is -3.09. The topological polar surface area (TPSA) is 106 Å². The fourth-order valence-corrected chi connectivity index (χ4v) is 2.50. The van der Waals surface area contributed by atoms with Crippen LogP contribution in [-0.4, -0.2) is 42.8 Å². The highest BCUT2D eigenvalue weighted by atomic mass is 16.3. The van der Waals surface area contributed by atoms with E-state index in [0.717, 1.165) is 5.39 Å². The molecular formula is C19H23N3O4. The molecule has 7 heteroatoms. The van der Waals surface area contributed by atoms with Crippen molar-refractivity contribution >= 4 is 28.7 Å². The van der Waals surface area contributed by atoms with E-state index in [1.165, 1.54) is 11.0 Å². The number of primary amides is 1. The zero-order chi connectivity index (χ0) is 19.3. The van der Waals surface area contributed by atoms with Crippen LogP contribution < -0.4 is 11.1 Å². The van der Waals surface area contributed by atoms with Crippen LogP contribution in [0.3, 0.4) is 0 Å². The summed E-state index contributed by atoms with van der Waals surface area (Å²) >= 11 is 0. The van der Waals surface area contributed by atoms with Crippen molar-refractivity contribution in [3.05, 3.63) is 47.7 Å². The number of para-hydroxylation sites is 1. The number of benzene rings is 1. The van der Waals surface area contributed by atoms with Gasteiger partial charge < -0.3 is 20.4 Å². The van der Waals surface area contributed by atoms with E-state index in [9.17, 15) is 14.4 Å². The fraction of sp³-hybridized carbons (Fsp3) is 0.316. The first kappa shape index (κ1) is 19.2. The normalized spacial score (nSPS) is 12.3. The number of nitrogens with two attached hydrogens (primary N) is 1. The number of hydrogen-bond acceptors (Lipinski definition) is 4. The van der Waals surface area contributed by atoms with Crippen molar-refractivity contribution in [3.63, 3.8) is 0 Å². The van der Waals surface area contributed by atoms with E-state index in [0.29, 0.717) is 17.6 Å². The smallest absolute Gasteiger partial charge is 0.287 e. The molecule has 0 aliphatic rings. The molecule has 2 rings (SSSR count). The van der Waals surface area contributed by atoms with Gasteiger partial charge in [0, 0.05) is 25.0 Å². The second-order valence-corrected chi connectivity index (χ2v) is 6.19. The van der Waals surface area contributed by atoms with Gasteiger partial charge in [-0.3, -0.25) is 14.4 Å². The van der Waals surface area contributed by atoms with E-state index in [1.807, 2.05) is 18.2 Å². The summed E-state index contributed by atoms with van der Waals surface area (Å²) in [5.41, 5.74) is 6.70. The second kappa shape index (κ2) is 8.33. The highest BCUT2D eigenvalue weighted by Crippen LogP contribution is 2.24. The van der Waals surface area contributed by atoms with Crippen molar-refractivity contribution in [2.24, 2.45) is 5.73 Å². The number of hydrogen-bond donors (Lipinski definition) is 2. The summed E-state index contributed by atoms with van der Waals surface area (Å²) in [5.74, 6) is -1.12. The first-order chi connectivity index (χ1) is 12.3.